The van der Waals surface area contributed by atoms with Gasteiger partial charge in [-0.25, -0.2) is 14.4 Å². The minimum absolute atomic E-state index is 0.540. The van der Waals surface area contributed by atoms with Gasteiger partial charge in [-0.2, -0.15) is 0 Å². The summed E-state index contributed by atoms with van der Waals surface area (Å²) in [6, 6.07) is 0. The summed E-state index contributed by atoms with van der Waals surface area (Å²) in [6.07, 6.45) is 6.46. The molecule has 1 aliphatic carbocycles. The van der Waals surface area contributed by atoms with Crippen molar-refractivity contribution in [2.45, 2.75) is 44.7 Å². The molecule has 3 N–H and O–H groups in total. The van der Waals surface area contributed by atoms with Gasteiger partial charge in [0, 0.05) is 24.2 Å². The Kier molecular flexibility index (Phi) is 4.84. The van der Waals surface area contributed by atoms with E-state index in [1.54, 1.807) is 23.1 Å². The molecule has 0 unspecified atom stereocenters. The van der Waals surface area contributed by atoms with E-state index >= 15 is 0 Å². The van der Waals surface area contributed by atoms with Gasteiger partial charge in [-0.05, 0) is 49.0 Å². The molecule has 0 aliphatic heterocycles. The largest absolute Gasteiger partial charge is 0.354 e. The summed E-state index contributed by atoms with van der Waals surface area (Å²) >= 11 is 3.26. The molecule has 4 heterocycles. The standard InChI is InChI=1S/C20H25N7S2/c1-10(2)9-13-11-5-4-6-12(11)14-15-16(29-18(14)23-13)17-25-26-20(28-3)27(17)19(24-15)22-8-7-21/h10H,4-9,21H2,1-3H3,(H,22,24). The Balaban J connectivity index is 1.85. The minimum Gasteiger partial charge on any atom is -0.354 e. The van der Waals surface area contributed by atoms with E-state index in [-0.39, 0.29) is 0 Å². The van der Waals surface area contributed by atoms with Crippen LogP contribution in [0.2, 0.25) is 0 Å². The van der Waals surface area contributed by atoms with Crippen LogP contribution in [0.25, 0.3) is 26.1 Å². The SMILES string of the molecule is CSc1nnc2c3sc4nc(CC(C)C)c5c(c4c3nc(NCCN)n12)CCC5. The van der Waals surface area contributed by atoms with Crippen LogP contribution in [0, 0.1) is 5.92 Å². The topological polar surface area (TPSA) is 94.0 Å². The molecule has 0 bridgehead atoms. The van der Waals surface area contributed by atoms with Gasteiger partial charge < -0.3 is 11.1 Å². The minimum atomic E-state index is 0.540. The molecular weight excluding hydrogens is 402 g/mol. The van der Waals surface area contributed by atoms with Gasteiger partial charge in [-0.3, -0.25) is 0 Å². The smallest absolute Gasteiger partial charge is 0.211 e. The molecule has 5 rings (SSSR count). The Morgan fingerprint density at radius 2 is 2.03 bits per heavy atom. The van der Waals surface area contributed by atoms with Crippen molar-refractivity contribution in [2.24, 2.45) is 11.7 Å². The molecule has 0 saturated carbocycles. The first-order valence-electron chi connectivity index (χ1n) is 10.1. The molecule has 9 heteroatoms. The highest BCUT2D eigenvalue weighted by Gasteiger charge is 2.26. The van der Waals surface area contributed by atoms with E-state index in [1.807, 2.05) is 10.7 Å². The van der Waals surface area contributed by atoms with Crippen LogP contribution in [0.3, 0.4) is 0 Å². The van der Waals surface area contributed by atoms with Gasteiger partial charge in [0.05, 0.1) is 5.52 Å². The lowest BCUT2D eigenvalue weighted by Crippen LogP contribution is -2.16. The molecule has 0 radical (unpaired) electrons. The maximum absolute atomic E-state index is 5.74. The third-order valence-electron chi connectivity index (χ3n) is 5.45. The number of nitrogens with zero attached hydrogens (tertiary/aromatic N) is 5. The number of hydrogen-bond donors (Lipinski definition) is 2. The van der Waals surface area contributed by atoms with Crippen LogP contribution in [0.4, 0.5) is 5.95 Å². The van der Waals surface area contributed by atoms with Gasteiger partial charge in [-0.1, -0.05) is 25.6 Å². The molecular formula is C20H25N7S2. The zero-order chi connectivity index (χ0) is 20.1. The Bertz CT molecular complexity index is 1220. The van der Waals surface area contributed by atoms with Crippen LogP contribution in [0.15, 0.2) is 5.16 Å². The third kappa shape index (κ3) is 2.98. The van der Waals surface area contributed by atoms with Gasteiger partial charge in [0.25, 0.3) is 0 Å². The number of aromatic nitrogens is 5. The predicted molar refractivity (Wildman–Crippen MR) is 121 cm³/mol. The van der Waals surface area contributed by atoms with Crippen LogP contribution >= 0.6 is 23.1 Å². The highest BCUT2D eigenvalue weighted by Crippen LogP contribution is 2.42. The number of thiophene rings is 1. The molecule has 0 fully saturated rings. The number of fused-ring (bicyclic) bond motifs is 7. The van der Waals surface area contributed by atoms with Gasteiger partial charge in [-0.15, -0.1) is 21.5 Å². The molecule has 152 valence electrons. The fourth-order valence-corrected chi connectivity index (χ4v) is 5.92. The van der Waals surface area contributed by atoms with E-state index in [4.69, 9.17) is 15.7 Å². The maximum atomic E-state index is 5.74. The summed E-state index contributed by atoms with van der Waals surface area (Å²) < 4.78 is 3.07. The van der Waals surface area contributed by atoms with Gasteiger partial charge in [0.2, 0.25) is 5.95 Å². The molecule has 0 atom stereocenters. The monoisotopic (exact) mass is 427 g/mol. The van der Waals surface area contributed by atoms with E-state index in [9.17, 15) is 0 Å². The number of thioether (sulfide) groups is 1. The molecule has 0 spiro atoms. The van der Waals surface area contributed by atoms with Gasteiger partial charge in [0.15, 0.2) is 10.8 Å². The lowest BCUT2D eigenvalue weighted by molar-refractivity contribution is 0.632. The van der Waals surface area contributed by atoms with E-state index < -0.39 is 0 Å². The van der Waals surface area contributed by atoms with Crippen LogP contribution in [0.1, 0.15) is 37.1 Å². The molecule has 0 amide bonds. The Hall–Kier alpha value is -1.97. The van der Waals surface area contributed by atoms with Crippen molar-refractivity contribution in [3.63, 3.8) is 0 Å². The van der Waals surface area contributed by atoms with E-state index in [0.717, 1.165) is 51.1 Å². The summed E-state index contributed by atoms with van der Waals surface area (Å²) in [5.41, 5.74) is 11.8. The average Bonchev–Trinajstić information content (AvgIpc) is 3.41. The number of hydrogen-bond acceptors (Lipinski definition) is 8. The second-order valence-corrected chi connectivity index (χ2v) is 9.70. The van der Waals surface area contributed by atoms with E-state index in [1.165, 1.54) is 28.6 Å². The lowest BCUT2D eigenvalue weighted by atomic mass is 9.99. The van der Waals surface area contributed by atoms with E-state index in [2.05, 4.69) is 29.4 Å². The van der Waals surface area contributed by atoms with Crippen molar-refractivity contribution >= 4 is 55.1 Å². The zero-order valence-electron chi connectivity index (χ0n) is 16.9. The first-order valence-corrected chi connectivity index (χ1v) is 12.2. The zero-order valence-corrected chi connectivity index (χ0v) is 18.6. The number of nitrogens with one attached hydrogen (secondary N) is 1. The van der Waals surface area contributed by atoms with Crippen molar-refractivity contribution in [3.05, 3.63) is 16.8 Å². The first-order chi connectivity index (χ1) is 14.1. The van der Waals surface area contributed by atoms with Crippen molar-refractivity contribution in [3.8, 4) is 0 Å². The molecule has 7 nitrogen and oxygen atoms in total. The normalized spacial score (nSPS) is 14.0. The molecule has 0 aromatic carbocycles. The summed E-state index contributed by atoms with van der Waals surface area (Å²) in [4.78, 5) is 11.3. The fraction of sp³-hybridized carbons (Fsp3) is 0.500. The summed E-state index contributed by atoms with van der Waals surface area (Å²) in [5.74, 6) is 1.35. The van der Waals surface area contributed by atoms with E-state index in [0.29, 0.717) is 19.0 Å². The fourth-order valence-electron chi connectivity index (χ4n) is 4.30. The number of rotatable bonds is 6. The van der Waals surface area contributed by atoms with Crippen molar-refractivity contribution < 1.29 is 0 Å². The first kappa shape index (κ1) is 19.0. The van der Waals surface area contributed by atoms with Crippen LogP contribution in [-0.2, 0) is 19.3 Å². The second-order valence-electron chi connectivity index (χ2n) is 7.92. The number of aryl methyl sites for hydroxylation is 1. The average molecular weight is 428 g/mol. The molecule has 4 aromatic rings. The summed E-state index contributed by atoms with van der Waals surface area (Å²) in [7, 11) is 0. The molecule has 1 aliphatic rings. The highest BCUT2D eigenvalue weighted by atomic mass is 32.2. The predicted octanol–water partition coefficient (Wildman–Crippen LogP) is 3.67. The Morgan fingerprint density at radius 1 is 1.21 bits per heavy atom. The number of nitrogens with two attached hydrogens (primary N) is 1. The quantitative estimate of drug-likeness (QED) is 0.453. The van der Waals surface area contributed by atoms with Gasteiger partial charge >= 0.3 is 0 Å². The van der Waals surface area contributed by atoms with Crippen LogP contribution in [0.5, 0.6) is 0 Å². The van der Waals surface area contributed by atoms with Crippen LogP contribution in [-0.4, -0.2) is 43.9 Å². The summed E-state index contributed by atoms with van der Waals surface area (Å²) in [6.45, 7) is 5.71. The highest BCUT2D eigenvalue weighted by molar-refractivity contribution is 7.98. The van der Waals surface area contributed by atoms with Gasteiger partial charge in [0.1, 0.15) is 9.53 Å². The summed E-state index contributed by atoms with van der Waals surface area (Å²) in [5, 5.41) is 14.3. The van der Waals surface area contributed by atoms with Crippen molar-refractivity contribution in [1.29, 1.82) is 0 Å². The van der Waals surface area contributed by atoms with Crippen molar-refractivity contribution in [1.82, 2.24) is 24.6 Å². The number of pyridine rings is 1. The number of anilines is 1. The molecule has 0 saturated heterocycles. The van der Waals surface area contributed by atoms with Crippen LogP contribution < -0.4 is 11.1 Å². The Labute approximate surface area is 177 Å². The maximum Gasteiger partial charge on any atom is 0.211 e. The van der Waals surface area contributed by atoms with Crippen molar-refractivity contribution in [2.75, 3.05) is 24.7 Å². The molecule has 4 aromatic heterocycles. The third-order valence-corrected chi connectivity index (χ3v) is 7.14. The Morgan fingerprint density at radius 3 is 2.79 bits per heavy atom. The molecule has 29 heavy (non-hydrogen) atoms. The lowest BCUT2D eigenvalue weighted by Gasteiger charge is -2.11. The second kappa shape index (κ2) is 7.37.